The number of hydrogen-bond acceptors (Lipinski definition) is 3. The maximum absolute atomic E-state index is 12.5. The quantitative estimate of drug-likeness (QED) is 0.779. The number of hydrogen-bond donors (Lipinski definition) is 2. The van der Waals surface area contributed by atoms with Crippen molar-refractivity contribution in [2.75, 3.05) is 6.54 Å². The lowest BCUT2D eigenvalue weighted by molar-refractivity contribution is -0.148. The number of halogens is 1. The van der Waals surface area contributed by atoms with Gasteiger partial charge in [0.05, 0.1) is 3.57 Å². The predicted molar refractivity (Wildman–Crippen MR) is 81.8 cm³/mol. The smallest absolute Gasteiger partial charge is 0.329 e. The molecule has 1 atom stereocenters. The molecule has 108 valence electrons. The van der Waals surface area contributed by atoms with Crippen LogP contribution in [0.4, 0.5) is 0 Å². The zero-order valence-electron chi connectivity index (χ0n) is 11.1. The van der Waals surface area contributed by atoms with Gasteiger partial charge in [0.15, 0.2) is 0 Å². The lowest BCUT2D eigenvalue weighted by Crippen LogP contribution is -2.52. The van der Waals surface area contributed by atoms with Gasteiger partial charge in [0.2, 0.25) is 0 Å². The molecule has 1 saturated heterocycles. The van der Waals surface area contributed by atoms with Gasteiger partial charge in [-0.15, -0.1) is 0 Å². The standard InChI is InChI=1S/C14H16INO4/c1-2-14(13(19)20)6-3-7-16(14)12(18)9-4-5-10(15)11(17)8-9/h4-5,8,17H,2-3,6-7H2,1H3,(H,19,20). The summed E-state index contributed by atoms with van der Waals surface area (Å²) < 4.78 is 0.653. The molecule has 1 fully saturated rings. The van der Waals surface area contributed by atoms with E-state index in [1.165, 1.54) is 11.0 Å². The van der Waals surface area contributed by atoms with Crippen molar-refractivity contribution in [1.82, 2.24) is 4.90 Å². The maximum atomic E-state index is 12.5. The Balaban J connectivity index is 2.36. The van der Waals surface area contributed by atoms with Crippen LogP contribution >= 0.6 is 22.6 Å². The van der Waals surface area contributed by atoms with Crippen molar-refractivity contribution in [2.45, 2.75) is 31.7 Å². The molecule has 1 aliphatic rings. The summed E-state index contributed by atoms with van der Waals surface area (Å²) in [6.45, 7) is 2.22. The molecule has 1 heterocycles. The van der Waals surface area contributed by atoms with Gasteiger partial charge >= 0.3 is 5.97 Å². The van der Waals surface area contributed by atoms with E-state index in [9.17, 15) is 19.8 Å². The second-order valence-corrected chi connectivity index (χ2v) is 6.08. The fraction of sp³-hybridized carbons (Fsp3) is 0.429. The van der Waals surface area contributed by atoms with Crippen LogP contribution < -0.4 is 0 Å². The molecule has 2 N–H and O–H groups in total. The van der Waals surface area contributed by atoms with Crippen LogP contribution in [-0.2, 0) is 4.79 Å². The zero-order valence-corrected chi connectivity index (χ0v) is 13.3. The minimum Gasteiger partial charge on any atom is -0.507 e. The lowest BCUT2D eigenvalue weighted by atomic mass is 9.92. The molecule has 0 saturated carbocycles. The van der Waals surface area contributed by atoms with Crippen LogP contribution in [0.2, 0.25) is 0 Å². The molecule has 20 heavy (non-hydrogen) atoms. The van der Waals surface area contributed by atoms with Crippen LogP contribution in [0, 0.1) is 3.57 Å². The first-order chi connectivity index (χ1) is 9.42. The summed E-state index contributed by atoms with van der Waals surface area (Å²) in [5, 5.41) is 19.2. The molecule has 0 aliphatic carbocycles. The number of phenols is 1. The summed E-state index contributed by atoms with van der Waals surface area (Å²) in [5.74, 6) is -1.26. The van der Waals surface area contributed by atoms with E-state index in [0.29, 0.717) is 34.9 Å². The van der Waals surface area contributed by atoms with Crippen LogP contribution in [0.25, 0.3) is 0 Å². The van der Waals surface area contributed by atoms with Crippen molar-refractivity contribution in [3.05, 3.63) is 27.3 Å². The van der Waals surface area contributed by atoms with E-state index < -0.39 is 11.5 Å². The van der Waals surface area contributed by atoms with E-state index >= 15 is 0 Å². The van der Waals surface area contributed by atoms with Crippen LogP contribution in [0.3, 0.4) is 0 Å². The van der Waals surface area contributed by atoms with Crippen LogP contribution in [0.5, 0.6) is 5.75 Å². The number of likely N-dealkylation sites (tertiary alicyclic amines) is 1. The van der Waals surface area contributed by atoms with E-state index in [4.69, 9.17) is 0 Å². The van der Waals surface area contributed by atoms with Crippen molar-refractivity contribution in [2.24, 2.45) is 0 Å². The average molecular weight is 389 g/mol. The minimum atomic E-state index is -1.12. The van der Waals surface area contributed by atoms with Gasteiger partial charge in [-0.1, -0.05) is 6.92 Å². The number of amides is 1. The Morgan fingerprint density at radius 2 is 2.15 bits per heavy atom. The highest BCUT2D eigenvalue weighted by molar-refractivity contribution is 14.1. The second-order valence-electron chi connectivity index (χ2n) is 4.92. The third-order valence-electron chi connectivity index (χ3n) is 3.91. The Hall–Kier alpha value is -1.31. The number of carboxylic acids is 1. The fourth-order valence-corrected chi connectivity index (χ4v) is 3.05. The zero-order chi connectivity index (χ0) is 14.9. The van der Waals surface area contributed by atoms with Crippen LogP contribution in [0.1, 0.15) is 36.5 Å². The monoisotopic (exact) mass is 389 g/mol. The first-order valence-corrected chi connectivity index (χ1v) is 7.54. The van der Waals surface area contributed by atoms with Crippen molar-refractivity contribution >= 4 is 34.5 Å². The van der Waals surface area contributed by atoms with E-state index in [1.54, 1.807) is 19.1 Å². The third-order valence-corrected chi connectivity index (χ3v) is 4.82. The molecule has 2 rings (SSSR count). The highest BCUT2D eigenvalue weighted by atomic mass is 127. The molecule has 1 aromatic rings. The molecular formula is C14H16INO4. The molecule has 1 amide bonds. The van der Waals surface area contributed by atoms with Crippen molar-refractivity contribution in [3.8, 4) is 5.75 Å². The fourth-order valence-electron chi connectivity index (χ4n) is 2.72. The average Bonchev–Trinajstić information content (AvgIpc) is 2.86. The highest BCUT2D eigenvalue weighted by Gasteiger charge is 2.48. The largest absolute Gasteiger partial charge is 0.507 e. The number of benzene rings is 1. The van der Waals surface area contributed by atoms with Gasteiger partial charge in [0.25, 0.3) is 5.91 Å². The molecule has 5 nitrogen and oxygen atoms in total. The van der Waals surface area contributed by atoms with Crippen LogP contribution in [-0.4, -0.2) is 39.1 Å². The number of phenolic OH excluding ortho intramolecular Hbond substituents is 1. The second kappa shape index (κ2) is 5.59. The first kappa shape index (κ1) is 15.1. The molecular weight excluding hydrogens is 373 g/mol. The molecule has 0 bridgehead atoms. The Kier molecular flexibility index (Phi) is 4.22. The van der Waals surface area contributed by atoms with Crippen LogP contribution in [0.15, 0.2) is 18.2 Å². The Morgan fingerprint density at radius 1 is 1.45 bits per heavy atom. The van der Waals surface area contributed by atoms with E-state index in [2.05, 4.69) is 0 Å². The van der Waals surface area contributed by atoms with Gasteiger partial charge in [-0.25, -0.2) is 4.79 Å². The van der Waals surface area contributed by atoms with E-state index in [0.717, 1.165) is 0 Å². The van der Waals surface area contributed by atoms with Crippen molar-refractivity contribution in [3.63, 3.8) is 0 Å². The number of aliphatic carboxylic acids is 1. The number of aromatic hydroxyl groups is 1. The molecule has 0 radical (unpaired) electrons. The topological polar surface area (TPSA) is 77.8 Å². The molecule has 1 aromatic carbocycles. The molecule has 0 aromatic heterocycles. The molecule has 0 spiro atoms. The summed E-state index contributed by atoms with van der Waals surface area (Å²) in [7, 11) is 0. The van der Waals surface area contributed by atoms with Gasteiger partial charge in [-0.3, -0.25) is 4.79 Å². The normalized spacial score (nSPS) is 22.0. The molecule has 1 unspecified atom stereocenters. The van der Waals surface area contributed by atoms with Crippen molar-refractivity contribution < 1.29 is 19.8 Å². The van der Waals surface area contributed by atoms with Gasteiger partial charge in [-0.05, 0) is 60.1 Å². The number of nitrogens with zero attached hydrogens (tertiary/aromatic N) is 1. The summed E-state index contributed by atoms with van der Waals surface area (Å²) >= 11 is 1.97. The number of carbonyl (C=O) groups is 2. The number of carboxylic acid groups (broad SMARTS) is 1. The number of rotatable bonds is 3. The SMILES string of the molecule is CCC1(C(=O)O)CCCN1C(=O)c1ccc(I)c(O)c1. The Morgan fingerprint density at radius 3 is 2.70 bits per heavy atom. The maximum Gasteiger partial charge on any atom is 0.329 e. The summed E-state index contributed by atoms with van der Waals surface area (Å²) in [6.07, 6.45) is 1.54. The molecule has 1 aliphatic heterocycles. The first-order valence-electron chi connectivity index (χ1n) is 6.46. The summed E-state index contributed by atoms with van der Waals surface area (Å²) in [4.78, 5) is 25.5. The molecule has 6 heteroatoms. The highest BCUT2D eigenvalue weighted by Crippen LogP contribution is 2.34. The van der Waals surface area contributed by atoms with Crippen molar-refractivity contribution in [1.29, 1.82) is 0 Å². The lowest BCUT2D eigenvalue weighted by Gasteiger charge is -2.34. The third kappa shape index (κ3) is 2.36. The van der Waals surface area contributed by atoms with E-state index in [1.807, 2.05) is 22.6 Å². The number of carbonyl (C=O) groups excluding carboxylic acids is 1. The van der Waals surface area contributed by atoms with Gasteiger partial charge in [0, 0.05) is 12.1 Å². The predicted octanol–water partition coefficient (Wildman–Crippen LogP) is 2.47. The van der Waals surface area contributed by atoms with E-state index in [-0.39, 0.29) is 11.7 Å². The Bertz CT molecular complexity index is 560. The van der Waals surface area contributed by atoms with Gasteiger partial charge < -0.3 is 15.1 Å². The van der Waals surface area contributed by atoms with Gasteiger partial charge in [-0.2, -0.15) is 0 Å². The Labute approximate surface area is 130 Å². The summed E-state index contributed by atoms with van der Waals surface area (Å²) in [5.41, 5.74) is -0.792. The summed E-state index contributed by atoms with van der Waals surface area (Å²) in [6, 6.07) is 4.66. The van der Waals surface area contributed by atoms with Gasteiger partial charge in [0.1, 0.15) is 11.3 Å². The minimum absolute atomic E-state index is 0.0353.